The van der Waals surface area contributed by atoms with E-state index < -0.39 is 0 Å². The minimum atomic E-state index is -0.351. The second-order valence-electron chi connectivity index (χ2n) is 6.25. The van der Waals surface area contributed by atoms with Crippen LogP contribution in [0.4, 0.5) is 0 Å². The molecule has 1 aromatic heterocycles. The largest absolute Gasteiger partial charge is 0.497 e. The highest BCUT2D eigenvalue weighted by atomic mass is 16.5. The van der Waals surface area contributed by atoms with Crippen molar-refractivity contribution < 1.29 is 14.3 Å². The van der Waals surface area contributed by atoms with Gasteiger partial charge in [0, 0.05) is 29.7 Å². The SMILES string of the molecule is COC(=O)/C=C/c1ccc(CNCCc2c[nH]c3ccc(OC)cc23)cc1. The molecule has 0 fully saturated rings. The number of carbonyl (C=O) groups is 1. The maximum atomic E-state index is 11.1. The van der Waals surface area contributed by atoms with Crippen molar-refractivity contribution in [2.75, 3.05) is 20.8 Å². The van der Waals surface area contributed by atoms with Gasteiger partial charge in [0.1, 0.15) is 5.75 Å². The maximum Gasteiger partial charge on any atom is 0.330 e. The van der Waals surface area contributed by atoms with Crippen molar-refractivity contribution in [1.82, 2.24) is 10.3 Å². The lowest BCUT2D eigenvalue weighted by molar-refractivity contribution is -0.134. The molecule has 2 N–H and O–H groups in total. The number of aromatic nitrogens is 1. The lowest BCUT2D eigenvalue weighted by Gasteiger charge is -2.06. The second-order valence-corrected chi connectivity index (χ2v) is 6.25. The minimum Gasteiger partial charge on any atom is -0.497 e. The molecule has 0 atom stereocenters. The van der Waals surface area contributed by atoms with Gasteiger partial charge in [-0.3, -0.25) is 0 Å². The fourth-order valence-corrected chi connectivity index (χ4v) is 2.93. The zero-order valence-electron chi connectivity index (χ0n) is 15.6. The van der Waals surface area contributed by atoms with Gasteiger partial charge in [-0.05, 0) is 53.9 Å². The number of methoxy groups -OCH3 is 2. The molecule has 0 spiro atoms. The van der Waals surface area contributed by atoms with Crippen LogP contribution in [0.25, 0.3) is 17.0 Å². The van der Waals surface area contributed by atoms with Crippen molar-refractivity contribution in [1.29, 1.82) is 0 Å². The van der Waals surface area contributed by atoms with Gasteiger partial charge in [-0.2, -0.15) is 0 Å². The molecule has 3 aromatic rings. The Morgan fingerprint density at radius 3 is 2.70 bits per heavy atom. The lowest BCUT2D eigenvalue weighted by atomic mass is 10.1. The molecule has 140 valence electrons. The Kier molecular flexibility index (Phi) is 6.28. The predicted molar refractivity (Wildman–Crippen MR) is 108 cm³/mol. The van der Waals surface area contributed by atoms with Crippen LogP contribution in [-0.2, 0) is 22.5 Å². The zero-order valence-corrected chi connectivity index (χ0v) is 15.6. The Morgan fingerprint density at radius 1 is 1.15 bits per heavy atom. The van der Waals surface area contributed by atoms with E-state index in [-0.39, 0.29) is 5.97 Å². The summed E-state index contributed by atoms with van der Waals surface area (Å²) in [7, 11) is 3.06. The van der Waals surface area contributed by atoms with Crippen LogP contribution in [-0.4, -0.2) is 31.7 Å². The highest BCUT2D eigenvalue weighted by Crippen LogP contribution is 2.23. The fraction of sp³-hybridized carbons (Fsp3) is 0.227. The first kappa shape index (κ1) is 18.7. The number of fused-ring (bicyclic) bond motifs is 1. The fourth-order valence-electron chi connectivity index (χ4n) is 2.93. The smallest absolute Gasteiger partial charge is 0.330 e. The Labute approximate surface area is 159 Å². The molecule has 1 heterocycles. The van der Waals surface area contributed by atoms with Gasteiger partial charge >= 0.3 is 5.97 Å². The molecule has 0 aliphatic rings. The average molecular weight is 364 g/mol. The first-order chi connectivity index (χ1) is 13.2. The van der Waals surface area contributed by atoms with E-state index >= 15 is 0 Å². The van der Waals surface area contributed by atoms with E-state index in [1.165, 1.54) is 29.7 Å². The molecule has 0 aliphatic heterocycles. The molecule has 5 heteroatoms. The van der Waals surface area contributed by atoms with Gasteiger partial charge in [0.25, 0.3) is 0 Å². The number of hydrogen-bond donors (Lipinski definition) is 2. The van der Waals surface area contributed by atoms with Crippen molar-refractivity contribution in [3.05, 3.63) is 71.4 Å². The summed E-state index contributed by atoms with van der Waals surface area (Å²) in [6.07, 6.45) is 6.17. The van der Waals surface area contributed by atoms with Gasteiger partial charge in [0.05, 0.1) is 14.2 Å². The number of benzene rings is 2. The summed E-state index contributed by atoms with van der Waals surface area (Å²) in [5, 5.41) is 4.68. The number of esters is 1. The summed E-state index contributed by atoms with van der Waals surface area (Å²) in [4.78, 5) is 14.4. The van der Waals surface area contributed by atoms with Gasteiger partial charge in [-0.15, -0.1) is 0 Å². The zero-order chi connectivity index (χ0) is 19.1. The van der Waals surface area contributed by atoms with Crippen molar-refractivity contribution in [3.8, 4) is 5.75 Å². The number of ether oxygens (including phenoxy) is 2. The summed E-state index contributed by atoms with van der Waals surface area (Å²) in [5.41, 5.74) is 4.57. The molecule has 27 heavy (non-hydrogen) atoms. The molecule has 3 rings (SSSR count). The van der Waals surface area contributed by atoms with Crippen LogP contribution >= 0.6 is 0 Å². The Morgan fingerprint density at radius 2 is 1.96 bits per heavy atom. The van der Waals surface area contributed by atoms with Crippen molar-refractivity contribution in [3.63, 3.8) is 0 Å². The van der Waals surface area contributed by atoms with Crippen molar-refractivity contribution >= 4 is 22.9 Å². The average Bonchev–Trinajstić information content (AvgIpc) is 3.12. The first-order valence-electron chi connectivity index (χ1n) is 8.89. The van der Waals surface area contributed by atoms with E-state index in [9.17, 15) is 4.79 Å². The number of aromatic amines is 1. The number of hydrogen-bond acceptors (Lipinski definition) is 4. The molecule has 0 bridgehead atoms. The Balaban J connectivity index is 1.50. The third kappa shape index (κ3) is 4.99. The van der Waals surface area contributed by atoms with Gasteiger partial charge < -0.3 is 19.8 Å². The second kappa shape index (κ2) is 9.05. The van der Waals surface area contributed by atoms with Crippen molar-refractivity contribution in [2.45, 2.75) is 13.0 Å². The van der Waals surface area contributed by atoms with E-state index in [1.54, 1.807) is 13.2 Å². The highest BCUT2D eigenvalue weighted by Gasteiger charge is 2.05. The topological polar surface area (TPSA) is 63.3 Å². The van der Waals surface area contributed by atoms with Gasteiger partial charge in [0.15, 0.2) is 0 Å². The summed E-state index contributed by atoms with van der Waals surface area (Å²) in [6, 6.07) is 14.2. The minimum absolute atomic E-state index is 0.351. The summed E-state index contributed by atoms with van der Waals surface area (Å²) >= 11 is 0. The normalized spacial score (nSPS) is 11.2. The summed E-state index contributed by atoms with van der Waals surface area (Å²) < 4.78 is 9.90. The number of carbonyl (C=O) groups excluding carboxylic acids is 1. The number of rotatable bonds is 8. The number of H-pyrrole nitrogens is 1. The molecule has 2 aromatic carbocycles. The van der Waals surface area contributed by atoms with Crippen LogP contribution in [0, 0.1) is 0 Å². The molecule has 0 unspecified atom stereocenters. The molecule has 0 amide bonds. The number of nitrogens with one attached hydrogen (secondary N) is 2. The standard InChI is InChI=1S/C22H24N2O3/c1-26-19-8-9-21-20(13-19)18(15-24-21)11-12-23-14-17-5-3-16(4-6-17)7-10-22(25)27-2/h3-10,13,15,23-24H,11-12,14H2,1-2H3/b10-7+. The maximum absolute atomic E-state index is 11.1. The van der Waals surface area contributed by atoms with Gasteiger partial charge in [0.2, 0.25) is 0 Å². The predicted octanol–water partition coefficient (Wildman–Crippen LogP) is 3.70. The molecule has 0 saturated carbocycles. The summed E-state index contributed by atoms with van der Waals surface area (Å²) in [5.74, 6) is 0.522. The molecule has 0 radical (unpaired) electrons. The molecule has 0 aliphatic carbocycles. The van der Waals surface area contributed by atoms with Crippen LogP contribution in [0.15, 0.2) is 54.7 Å². The Hall–Kier alpha value is -3.05. The lowest BCUT2D eigenvalue weighted by Crippen LogP contribution is -2.16. The van der Waals surface area contributed by atoms with Crippen LogP contribution in [0.1, 0.15) is 16.7 Å². The van der Waals surface area contributed by atoms with Crippen LogP contribution in [0.3, 0.4) is 0 Å². The third-order valence-electron chi connectivity index (χ3n) is 4.47. The quantitative estimate of drug-likeness (QED) is 0.363. The molecular formula is C22H24N2O3. The molecule has 0 saturated heterocycles. The van der Waals surface area contributed by atoms with Crippen LogP contribution in [0.2, 0.25) is 0 Å². The van der Waals surface area contributed by atoms with E-state index in [0.717, 1.165) is 36.3 Å². The molecule has 5 nitrogen and oxygen atoms in total. The summed E-state index contributed by atoms with van der Waals surface area (Å²) in [6.45, 7) is 1.68. The van der Waals surface area contributed by atoms with E-state index in [0.29, 0.717) is 0 Å². The highest BCUT2D eigenvalue weighted by molar-refractivity contribution is 5.87. The monoisotopic (exact) mass is 364 g/mol. The van der Waals surface area contributed by atoms with Gasteiger partial charge in [-0.1, -0.05) is 24.3 Å². The molecular weight excluding hydrogens is 340 g/mol. The first-order valence-corrected chi connectivity index (χ1v) is 8.89. The van der Waals surface area contributed by atoms with E-state index in [1.807, 2.05) is 24.3 Å². The van der Waals surface area contributed by atoms with Crippen molar-refractivity contribution in [2.24, 2.45) is 0 Å². The third-order valence-corrected chi connectivity index (χ3v) is 4.47. The van der Waals surface area contributed by atoms with Crippen LogP contribution < -0.4 is 10.1 Å². The van der Waals surface area contributed by atoms with Crippen LogP contribution in [0.5, 0.6) is 5.75 Å². The van der Waals surface area contributed by atoms with Gasteiger partial charge in [-0.25, -0.2) is 4.79 Å². The Bertz CT molecular complexity index is 926. The van der Waals surface area contributed by atoms with E-state index in [2.05, 4.69) is 39.4 Å². The van der Waals surface area contributed by atoms with E-state index in [4.69, 9.17) is 4.74 Å².